The molecule has 0 amide bonds. The molecule has 21 heavy (non-hydrogen) atoms. The van der Waals surface area contributed by atoms with Crippen molar-refractivity contribution in [3.63, 3.8) is 0 Å². The zero-order valence-corrected chi connectivity index (χ0v) is 11.7. The molecule has 1 aromatic heterocycles. The highest BCUT2D eigenvalue weighted by Gasteiger charge is 2.38. The van der Waals surface area contributed by atoms with E-state index in [0.29, 0.717) is 6.04 Å². The molecule has 0 atom stereocenters. The number of carboxylic acids is 1. The van der Waals surface area contributed by atoms with Crippen LogP contribution in [0, 0.1) is 0 Å². The number of nitrogens with zero attached hydrogens (tertiary/aromatic N) is 1. The van der Waals surface area contributed by atoms with Gasteiger partial charge in [-0.25, -0.2) is 18.2 Å². The summed E-state index contributed by atoms with van der Waals surface area (Å²) >= 11 is 0. The van der Waals surface area contributed by atoms with Crippen molar-refractivity contribution >= 4 is 21.5 Å². The molecule has 0 unspecified atom stereocenters. The lowest BCUT2D eigenvalue weighted by Crippen LogP contribution is -2.21. The Morgan fingerprint density at radius 1 is 1.43 bits per heavy atom. The minimum absolute atomic E-state index is 0.128. The Bertz CT molecular complexity index is 612. The maximum absolute atomic E-state index is 11.2. The molecule has 1 aliphatic rings. The molecule has 0 radical (unpaired) electrons. The number of hydrogen-bond acceptors (Lipinski definition) is 5. The average molecular weight is 326 g/mol. The van der Waals surface area contributed by atoms with E-state index in [0.717, 1.165) is 24.8 Å². The number of rotatable bonds is 3. The van der Waals surface area contributed by atoms with Gasteiger partial charge in [-0.05, 0) is 25.0 Å². The first-order chi connectivity index (χ1) is 9.50. The van der Waals surface area contributed by atoms with E-state index < -0.39 is 22.0 Å². The lowest BCUT2D eigenvalue weighted by molar-refractivity contribution is -0.192. The summed E-state index contributed by atoms with van der Waals surface area (Å²) in [5.41, 5.74) is 0.836. The van der Waals surface area contributed by atoms with E-state index in [-0.39, 0.29) is 5.03 Å². The molecule has 1 aromatic rings. The van der Waals surface area contributed by atoms with Crippen molar-refractivity contribution in [2.75, 3.05) is 11.6 Å². The summed E-state index contributed by atoms with van der Waals surface area (Å²) in [5.74, 6) is -2.76. The van der Waals surface area contributed by atoms with Gasteiger partial charge in [-0.2, -0.15) is 13.2 Å². The van der Waals surface area contributed by atoms with Crippen molar-refractivity contribution in [1.29, 1.82) is 0 Å². The molecule has 1 aliphatic carbocycles. The number of pyridine rings is 1. The molecule has 1 fully saturated rings. The highest BCUT2D eigenvalue weighted by molar-refractivity contribution is 7.90. The lowest BCUT2D eigenvalue weighted by Gasteiger charge is -2.04. The Labute approximate surface area is 118 Å². The van der Waals surface area contributed by atoms with Gasteiger partial charge >= 0.3 is 12.1 Å². The second-order valence-corrected chi connectivity index (χ2v) is 6.34. The van der Waals surface area contributed by atoms with Crippen LogP contribution in [0.1, 0.15) is 12.8 Å². The van der Waals surface area contributed by atoms with Gasteiger partial charge in [0.2, 0.25) is 0 Å². The predicted octanol–water partition coefficient (Wildman–Crippen LogP) is 1.69. The highest BCUT2D eigenvalue weighted by Crippen LogP contribution is 2.25. The SMILES string of the molecule is CS(=O)(=O)c1cc(NC2CC2)ccn1.O=C(O)C(F)(F)F. The van der Waals surface area contributed by atoms with E-state index in [1.165, 1.54) is 6.20 Å². The number of aliphatic carboxylic acids is 1. The van der Waals surface area contributed by atoms with Crippen LogP contribution in [-0.2, 0) is 14.6 Å². The summed E-state index contributed by atoms with van der Waals surface area (Å²) in [5, 5.41) is 10.5. The van der Waals surface area contributed by atoms with Gasteiger partial charge in [-0.1, -0.05) is 0 Å². The van der Waals surface area contributed by atoms with Crippen LogP contribution in [0.25, 0.3) is 0 Å². The number of carbonyl (C=O) groups is 1. The van der Waals surface area contributed by atoms with Gasteiger partial charge in [0.05, 0.1) is 0 Å². The summed E-state index contributed by atoms with van der Waals surface area (Å²) in [4.78, 5) is 12.7. The van der Waals surface area contributed by atoms with Crippen LogP contribution in [0.4, 0.5) is 18.9 Å². The number of nitrogens with one attached hydrogen (secondary N) is 1. The fourth-order valence-electron chi connectivity index (χ4n) is 1.17. The summed E-state index contributed by atoms with van der Waals surface area (Å²) < 4.78 is 54.1. The number of aromatic nitrogens is 1. The molecular formula is C11H13F3N2O4S. The number of anilines is 1. The molecule has 2 N–H and O–H groups in total. The number of carboxylic acid groups (broad SMARTS) is 1. The number of alkyl halides is 3. The van der Waals surface area contributed by atoms with E-state index in [2.05, 4.69) is 10.3 Å². The first kappa shape index (κ1) is 17.2. The van der Waals surface area contributed by atoms with E-state index >= 15 is 0 Å². The summed E-state index contributed by atoms with van der Waals surface area (Å²) in [7, 11) is -3.19. The molecule has 0 spiro atoms. The third kappa shape index (κ3) is 6.43. The Hall–Kier alpha value is -1.84. The van der Waals surface area contributed by atoms with Crippen LogP contribution in [0.15, 0.2) is 23.4 Å². The molecule has 118 valence electrons. The Morgan fingerprint density at radius 3 is 2.33 bits per heavy atom. The monoisotopic (exact) mass is 326 g/mol. The van der Waals surface area contributed by atoms with E-state index in [1.54, 1.807) is 12.1 Å². The zero-order valence-electron chi connectivity index (χ0n) is 10.9. The van der Waals surface area contributed by atoms with E-state index in [9.17, 15) is 21.6 Å². The topological polar surface area (TPSA) is 96.4 Å². The molecule has 0 bridgehead atoms. The third-order valence-electron chi connectivity index (χ3n) is 2.31. The maximum atomic E-state index is 11.2. The number of halogens is 3. The Morgan fingerprint density at radius 2 is 1.95 bits per heavy atom. The third-order valence-corrected chi connectivity index (χ3v) is 3.29. The largest absolute Gasteiger partial charge is 0.490 e. The van der Waals surface area contributed by atoms with Gasteiger partial charge in [0.15, 0.2) is 14.9 Å². The number of sulfone groups is 1. The quantitative estimate of drug-likeness (QED) is 0.877. The molecule has 6 nitrogen and oxygen atoms in total. The van der Waals surface area contributed by atoms with Gasteiger partial charge in [-0.3, -0.25) is 0 Å². The second kappa shape index (κ2) is 6.29. The highest BCUT2D eigenvalue weighted by atomic mass is 32.2. The van der Waals surface area contributed by atoms with Crippen LogP contribution in [0.3, 0.4) is 0 Å². The van der Waals surface area contributed by atoms with Crippen LogP contribution >= 0.6 is 0 Å². The van der Waals surface area contributed by atoms with Gasteiger partial charge in [0.25, 0.3) is 0 Å². The van der Waals surface area contributed by atoms with Crippen molar-refractivity contribution in [3.8, 4) is 0 Å². The minimum Gasteiger partial charge on any atom is -0.475 e. The van der Waals surface area contributed by atoms with E-state index in [4.69, 9.17) is 9.90 Å². The van der Waals surface area contributed by atoms with Crippen LogP contribution in [0.2, 0.25) is 0 Å². The lowest BCUT2D eigenvalue weighted by atomic mass is 10.4. The van der Waals surface area contributed by atoms with Crippen LogP contribution < -0.4 is 5.32 Å². The first-order valence-corrected chi connectivity index (χ1v) is 7.62. The molecule has 1 heterocycles. The molecule has 1 saturated carbocycles. The van der Waals surface area contributed by atoms with Gasteiger partial charge in [0.1, 0.15) is 0 Å². The molecule has 2 rings (SSSR count). The first-order valence-electron chi connectivity index (χ1n) is 5.73. The van der Waals surface area contributed by atoms with Gasteiger partial charge in [-0.15, -0.1) is 0 Å². The predicted molar refractivity (Wildman–Crippen MR) is 67.7 cm³/mol. The molecule has 0 aliphatic heterocycles. The fourth-order valence-corrected chi connectivity index (χ4v) is 1.76. The average Bonchev–Trinajstić information content (AvgIpc) is 3.12. The Kier molecular flexibility index (Phi) is 5.15. The van der Waals surface area contributed by atoms with Gasteiger partial charge < -0.3 is 10.4 Å². The Balaban J connectivity index is 0.000000270. The van der Waals surface area contributed by atoms with Crippen molar-refractivity contribution in [1.82, 2.24) is 4.98 Å². The normalized spacial score (nSPS) is 14.9. The van der Waals surface area contributed by atoms with Crippen molar-refractivity contribution in [2.24, 2.45) is 0 Å². The standard InChI is InChI=1S/C9H12N2O2S.C2HF3O2/c1-14(12,13)9-6-8(4-5-10-9)11-7-2-3-7;3-2(4,5)1(6)7/h4-7H,2-3H2,1H3,(H,10,11);(H,6,7). The van der Waals surface area contributed by atoms with Crippen LogP contribution in [0.5, 0.6) is 0 Å². The smallest absolute Gasteiger partial charge is 0.475 e. The van der Waals surface area contributed by atoms with Crippen LogP contribution in [-0.4, -0.2) is 43.0 Å². The molecule has 0 saturated heterocycles. The maximum Gasteiger partial charge on any atom is 0.490 e. The molecule has 10 heteroatoms. The molecule has 0 aromatic carbocycles. The van der Waals surface area contributed by atoms with E-state index in [1.807, 2.05) is 0 Å². The minimum atomic E-state index is -5.08. The van der Waals surface area contributed by atoms with Gasteiger partial charge in [0, 0.05) is 24.2 Å². The number of hydrogen-bond donors (Lipinski definition) is 2. The zero-order chi connectivity index (χ0) is 16.3. The second-order valence-electron chi connectivity index (χ2n) is 4.38. The van der Waals surface area contributed by atoms with Crippen molar-refractivity contribution in [3.05, 3.63) is 18.3 Å². The molecular weight excluding hydrogens is 313 g/mol. The fraction of sp³-hybridized carbons (Fsp3) is 0.455. The summed E-state index contributed by atoms with van der Waals surface area (Å²) in [6.45, 7) is 0. The van der Waals surface area contributed by atoms with Crippen molar-refractivity contribution < 1.29 is 31.5 Å². The summed E-state index contributed by atoms with van der Waals surface area (Å²) in [6.07, 6.45) is -0.0790. The van der Waals surface area contributed by atoms with Crippen molar-refractivity contribution in [2.45, 2.75) is 30.1 Å². The summed E-state index contributed by atoms with van der Waals surface area (Å²) in [6, 6.07) is 3.88.